The molecule has 0 aromatic heterocycles. The molecule has 4 aliphatic carbocycles. The highest BCUT2D eigenvalue weighted by Gasteiger charge is 2.75. The first-order valence-electron chi connectivity index (χ1n) is 12.6. The van der Waals surface area contributed by atoms with Gasteiger partial charge in [0, 0.05) is 37.9 Å². The average molecular weight is 451 g/mol. The number of carbonyl (C=O) groups excluding carboxylic acids is 1. The second-order valence-electron chi connectivity index (χ2n) is 11.5. The minimum atomic E-state index is -0.167. The number of benzene rings is 1. The number of aliphatic imine (C=N–C) groups is 1. The molecule has 5 nitrogen and oxygen atoms in total. The second kappa shape index (κ2) is 7.39. The fraction of sp³-hybridized carbons (Fsp3) is 0.630. The molecule has 1 aromatic carbocycles. The lowest BCUT2D eigenvalue weighted by atomic mass is 9.55. The monoisotopic (exact) mass is 450 g/mol. The molecule has 1 aromatic rings. The van der Waals surface area contributed by atoms with E-state index in [-0.39, 0.29) is 22.7 Å². The number of hydrogen-bond acceptors (Lipinski definition) is 4. The van der Waals surface area contributed by atoms with Gasteiger partial charge in [-0.2, -0.15) is 0 Å². The van der Waals surface area contributed by atoms with Crippen LogP contribution in [0.15, 0.2) is 41.7 Å². The number of piperazine rings is 1. The van der Waals surface area contributed by atoms with Crippen molar-refractivity contribution in [2.24, 2.45) is 22.2 Å². The van der Waals surface area contributed by atoms with Crippen molar-refractivity contribution in [1.29, 1.82) is 0 Å². The second-order valence-corrected chi connectivity index (χ2v) is 11.5. The van der Waals surface area contributed by atoms with Crippen molar-refractivity contribution in [3.63, 3.8) is 0 Å². The minimum absolute atomic E-state index is 0.0917. The van der Waals surface area contributed by atoms with Crippen molar-refractivity contribution >= 4 is 12.1 Å². The van der Waals surface area contributed by atoms with E-state index >= 15 is 0 Å². The Hall–Kier alpha value is -2.21. The van der Waals surface area contributed by atoms with Gasteiger partial charge >= 0.3 is 0 Å². The third-order valence-corrected chi connectivity index (χ3v) is 9.73. The van der Waals surface area contributed by atoms with Crippen molar-refractivity contribution < 1.29 is 9.18 Å². The van der Waals surface area contributed by atoms with Crippen LogP contribution in [-0.4, -0.2) is 60.2 Å². The molecule has 33 heavy (non-hydrogen) atoms. The van der Waals surface area contributed by atoms with Gasteiger partial charge in [0.1, 0.15) is 11.6 Å². The molecule has 5 atom stereocenters. The third kappa shape index (κ3) is 3.28. The highest BCUT2D eigenvalue weighted by atomic mass is 19.1. The Morgan fingerprint density at radius 2 is 1.88 bits per heavy atom. The summed E-state index contributed by atoms with van der Waals surface area (Å²) in [6, 6.07) is 7.23. The zero-order chi connectivity index (χ0) is 22.8. The smallest absolute Gasteiger partial charge is 0.234 e. The summed E-state index contributed by atoms with van der Waals surface area (Å²) < 4.78 is 13.6. The molecule has 6 rings (SSSR count). The van der Waals surface area contributed by atoms with Crippen LogP contribution < -0.4 is 5.32 Å². The van der Waals surface area contributed by atoms with Crippen molar-refractivity contribution in [3.8, 4) is 0 Å². The predicted molar refractivity (Wildman–Crippen MR) is 127 cm³/mol. The standard InChI is InChI=1S/C27H35FN4O/c1-3-29-19(2)32-10-8-31(9-11-32)15-24(33)30-26-14-22-12-21-13-25(16-26,17-27(21,22)18-26)20-4-6-23(28)7-5-20/h3-7,21-22H,2,8-18H2,1H3,(H,30,33). The first kappa shape index (κ1) is 21.3. The number of nitrogens with zero attached hydrogens (tertiary/aromatic N) is 3. The van der Waals surface area contributed by atoms with Gasteiger partial charge in [0.2, 0.25) is 5.91 Å². The van der Waals surface area contributed by atoms with E-state index in [0.717, 1.165) is 63.1 Å². The molecule has 3 bridgehead atoms. The summed E-state index contributed by atoms with van der Waals surface area (Å²) in [5.74, 6) is 2.33. The number of hydrogen-bond donors (Lipinski definition) is 1. The minimum Gasteiger partial charge on any atom is -0.355 e. The molecule has 176 valence electrons. The number of rotatable bonds is 6. The SMILES string of the molecule is C=C(N=CC)N1CCN(CC(=O)NC23CC4CC5CC(c6ccc(F)cc6)(C2)CC45C3)CC1. The topological polar surface area (TPSA) is 47.9 Å². The zero-order valence-electron chi connectivity index (χ0n) is 19.7. The highest BCUT2D eigenvalue weighted by Crippen LogP contribution is 2.79. The Labute approximate surface area is 196 Å². The molecule has 5 fully saturated rings. The summed E-state index contributed by atoms with van der Waals surface area (Å²) in [5.41, 5.74) is 1.70. The molecule has 1 amide bonds. The van der Waals surface area contributed by atoms with Crippen LogP contribution in [0.3, 0.4) is 0 Å². The summed E-state index contributed by atoms with van der Waals surface area (Å²) >= 11 is 0. The van der Waals surface area contributed by atoms with Crippen molar-refractivity contribution in [3.05, 3.63) is 48.0 Å². The van der Waals surface area contributed by atoms with Gasteiger partial charge in [-0.3, -0.25) is 9.69 Å². The van der Waals surface area contributed by atoms with E-state index in [1.54, 1.807) is 18.3 Å². The molecule has 1 aliphatic heterocycles. The molecular formula is C27H35FN4O. The van der Waals surface area contributed by atoms with Crippen LogP contribution in [0.2, 0.25) is 0 Å². The van der Waals surface area contributed by atoms with Gasteiger partial charge in [0.25, 0.3) is 0 Å². The number of halogens is 1. The normalized spacial score (nSPS) is 39.0. The maximum atomic E-state index is 13.6. The fourth-order valence-corrected chi connectivity index (χ4v) is 8.66. The zero-order valence-corrected chi connectivity index (χ0v) is 19.7. The van der Waals surface area contributed by atoms with Gasteiger partial charge in [-0.05, 0) is 85.8 Å². The Kier molecular flexibility index (Phi) is 4.78. The van der Waals surface area contributed by atoms with E-state index in [0.29, 0.717) is 12.0 Å². The van der Waals surface area contributed by atoms with Crippen molar-refractivity contribution in [2.45, 2.75) is 56.4 Å². The number of fused-ring (bicyclic) bond motifs is 2. The summed E-state index contributed by atoms with van der Waals surface area (Å²) in [4.78, 5) is 22.0. The lowest BCUT2D eigenvalue weighted by Crippen LogP contribution is -2.56. The van der Waals surface area contributed by atoms with Crippen LogP contribution in [-0.2, 0) is 10.2 Å². The molecule has 5 aliphatic rings. The lowest BCUT2D eigenvalue weighted by Gasteiger charge is -2.50. The average Bonchev–Trinajstić information content (AvgIpc) is 3.08. The van der Waals surface area contributed by atoms with Gasteiger partial charge in [0.05, 0.1) is 6.54 Å². The molecular weight excluding hydrogens is 415 g/mol. The van der Waals surface area contributed by atoms with Gasteiger partial charge in [-0.15, -0.1) is 0 Å². The number of carbonyl (C=O) groups is 1. The van der Waals surface area contributed by atoms with Gasteiger partial charge < -0.3 is 10.2 Å². The Morgan fingerprint density at radius 1 is 1.15 bits per heavy atom. The number of nitrogens with one attached hydrogen (secondary N) is 1. The summed E-state index contributed by atoms with van der Waals surface area (Å²) in [6.45, 7) is 9.82. The van der Waals surface area contributed by atoms with Crippen LogP contribution in [0.25, 0.3) is 0 Å². The van der Waals surface area contributed by atoms with Gasteiger partial charge in [-0.25, -0.2) is 9.38 Å². The van der Waals surface area contributed by atoms with E-state index in [1.165, 1.54) is 24.8 Å². The quantitative estimate of drug-likeness (QED) is 0.672. The van der Waals surface area contributed by atoms with E-state index < -0.39 is 0 Å². The van der Waals surface area contributed by atoms with Crippen LogP contribution in [0.1, 0.15) is 51.0 Å². The van der Waals surface area contributed by atoms with Crippen LogP contribution in [0, 0.1) is 23.1 Å². The van der Waals surface area contributed by atoms with Crippen LogP contribution in [0.5, 0.6) is 0 Å². The molecule has 5 unspecified atom stereocenters. The molecule has 1 heterocycles. The first-order chi connectivity index (χ1) is 15.9. The predicted octanol–water partition coefficient (Wildman–Crippen LogP) is 3.71. The third-order valence-electron chi connectivity index (χ3n) is 9.73. The Morgan fingerprint density at radius 3 is 2.61 bits per heavy atom. The van der Waals surface area contributed by atoms with E-state index in [2.05, 4.69) is 26.7 Å². The van der Waals surface area contributed by atoms with E-state index in [1.807, 2.05) is 19.1 Å². The van der Waals surface area contributed by atoms with E-state index in [9.17, 15) is 9.18 Å². The summed E-state index contributed by atoms with van der Waals surface area (Å²) in [6.07, 6.45) is 8.80. The van der Waals surface area contributed by atoms with Crippen LogP contribution >= 0.6 is 0 Å². The van der Waals surface area contributed by atoms with Crippen molar-refractivity contribution in [1.82, 2.24) is 15.1 Å². The van der Waals surface area contributed by atoms with E-state index in [4.69, 9.17) is 0 Å². The highest BCUT2D eigenvalue weighted by molar-refractivity contribution is 5.79. The van der Waals surface area contributed by atoms with Crippen LogP contribution in [0.4, 0.5) is 4.39 Å². The number of amides is 1. The van der Waals surface area contributed by atoms with Gasteiger partial charge in [0.15, 0.2) is 0 Å². The lowest BCUT2D eigenvalue weighted by molar-refractivity contribution is -0.125. The fourth-order valence-electron chi connectivity index (χ4n) is 8.66. The molecule has 1 N–H and O–H groups in total. The summed E-state index contributed by atoms with van der Waals surface area (Å²) in [7, 11) is 0. The Bertz CT molecular complexity index is 1000. The maximum Gasteiger partial charge on any atom is 0.234 e. The molecule has 6 heteroatoms. The molecule has 1 spiro atoms. The van der Waals surface area contributed by atoms with Gasteiger partial charge in [-0.1, -0.05) is 18.7 Å². The molecule has 0 radical (unpaired) electrons. The maximum absolute atomic E-state index is 13.6. The molecule has 4 saturated carbocycles. The van der Waals surface area contributed by atoms with Crippen molar-refractivity contribution in [2.75, 3.05) is 32.7 Å². The Balaban J connectivity index is 1.14. The first-order valence-corrected chi connectivity index (χ1v) is 12.6. The summed E-state index contributed by atoms with van der Waals surface area (Å²) in [5, 5.41) is 3.57. The molecule has 1 saturated heterocycles. The largest absolute Gasteiger partial charge is 0.355 e.